The maximum Gasteiger partial charge on any atom is 0.165 e. The lowest BCUT2D eigenvalue weighted by molar-refractivity contribution is 0.669. The lowest BCUT2D eigenvalue weighted by Gasteiger charge is -2.14. The molecular formula is C49H29N3OS. The first-order valence-corrected chi connectivity index (χ1v) is 18.8. The summed E-state index contributed by atoms with van der Waals surface area (Å²) in [6.45, 7) is 0. The van der Waals surface area contributed by atoms with E-state index in [1.807, 2.05) is 18.2 Å². The number of nitrogens with zero attached hydrogens (tertiary/aromatic N) is 3. The molecule has 252 valence electrons. The summed E-state index contributed by atoms with van der Waals surface area (Å²) in [6, 6.07) is 61.5. The number of rotatable bonds is 5. The van der Waals surface area contributed by atoms with Crippen molar-refractivity contribution in [3.8, 4) is 56.4 Å². The minimum absolute atomic E-state index is 0.596. The highest BCUT2D eigenvalue weighted by Gasteiger charge is 2.23. The zero-order chi connectivity index (χ0) is 35.6. The van der Waals surface area contributed by atoms with Crippen LogP contribution in [0, 0.1) is 0 Å². The first-order valence-electron chi connectivity index (χ1n) is 18.0. The standard InChI is InChI=1S/C49H29N3OS/c1-2-11-30(12-3-1)32-21-24-33(25-22-32)36-27-28-41-45(37-15-6-8-18-40(37)53-41)46(36)49-51-47(35-26-23-31-13-4-5-14-34(31)29-35)50-48(52-49)39-17-10-20-43-44(39)38-16-7-9-19-42(38)54-43/h1-29H. The maximum absolute atomic E-state index is 6.49. The molecule has 3 aromatic heterocycles. The molecule has 0 atom stereocenters. The van der Waals surface area contributed by atoms with Crippen molar-refractivity contribution in [3.05, 3.63) is 176 Å². The highest BCUT2D eigenvalue weighted by atomic mass is 32.1. The quantitative estimate of drug-likeness (QED) is 0.179. The van der Waals surface area contributed by atoms with Crippen LogP contribution in [-0.2, 0) is 0 Å². The molecule has 0 aliphatic carbocycles. The van der Waals surface area contributed by atoms with Crippen molar-refractivity contribution in [1.29, 1.82) is 0 Å². The van der Waals surface area contributed by atoms with E-state index in [2.05, 4.69) is 158 Å². The Morgan fingerprint density at radius 2 is 1.04 bits per heavy atom. The lowest BCUT2D eigenvalue weighted by atomic mass is 9.93. The fourth-order valence-corrected chi connectivity index (χ4v) is 8.92. The molecule has 0 amide bonds. The highest BCUT2D eigenvalue weighted by Crippen LogP contribution is 2.44. The summed E-state index contributed by atoms with van der Waals surface area (Å²) in [5.74, 6) is 1.85. The van der Waals surface area contributed by atoms with E-state index < -0.39 is 0 Å². The van der Waals surface area contributed by atoms with Crippen LogP contribution in [-0.4, -0.2) is 15.0 Å². The molecule has 4 nitrogen and oxygen atoms in total. The van der Waals surface area contributed by atoms with Crippen LogP contribution in [0.5, 0.6) is 0 Å². The Balaban J connectivity index is 1.22. The van der Waals surface area contributed by atoms with Gasteiger partial charge in [0.05, 0.1) is 0 Å². The Labute approximate surface area is 314 Å². The molecule has 11 aromatic rings. The average Bonchev–Trinajstić information content (AvgIpc) is 3.82. The van der Waals surface area contributed by atoms with Crippen LogP contribution in [0.4, 0.5) is 0 Å². The van der Waals surface area contributed by atoms with Gasteiger partial charge in [0.15, 0.2) is 17.5 Å². The first-order chi connectivity index (χ1) is 26.7. The van der Waals surface area contributed by atoms with Gasteiger partial charge in [-0.1, -0.05) is 140 Å². The Morgan fingerprint density at radius 3 is 1.93 bits per heavy atom. The Hall–Kier alpha value is -6.95. The Bertz CT molecular complexity index is 3220. The van der Waals surface area contributed by atoms with Gasteiger partial charge >= 0.3 is 0 Å². The third-order valence-corrected chi connectivity index (χ3v) is 11.5. The van der Waals surface area contributed by atoms with Crippen LogP contribution in [0.3, 0.4) is 0 Å². The summed E-state index contributed by atoms with van der Waals surface area (Å²) >= 11 is 1.79. The molecule has 0 bridgehead atoms. The normalized spacial score (nSPS) is 11.7. The summed E-state index contributed by atoms with van der Waals surface area (Å²) in [6.07, 6.45) is 0. The Morgan fingerprint density at radius 1 is 0.370 bits per heavy atom. The smallest absolute Gasteiger partial charge is 0.165 e. The molecule has 54 heavy (non-hydrogen) atoms. The van der Waals surface area contributed by atoms with E-state index >= 15 is 0 Å². The molecule has 0 aliphatic rings. The lowest BCUT2D eigenvalue weighted by Crippen LogP contribution is -2.02. The molecule has 0 radical (unpaired) electrons. The fourth-order valence-electron chi connectivity index (χ4n) is 7.79. The zero-order valence-electron chi connectivity index (χ0n) is 28.9. The second-order valence-electron chi connectivity index (χ2n) is 13.5. The molecule has 3 heterocycles. The molecule has 0 unspecified atom stereocenters. The molecule has 0 fully saturated rings. The summed E-state index contributed by atoms with van der Waals surface area (Å²) < 4.78 is 8.92. The van der Waals surface area contributed by atoms with E-state index in [9.17, 15) is 0 Å². The maximum atomic E-state index is 6.49. The number of fused-ring (bicyclic) bond motifs is 7. The number of aromatic nitrogens is 3. The van der Waals surface area contributed by atoms with Crippen LogP contribution in [0.25, 0.3) is 109 Å². The number of furan rings is 1. The van der Waals surface area contributed by atoms with Crippen LogP contribution < -0.4 is 0 Å². The van der Waals surface area contributed by atoms with Gasteiger partial charge < -0.3 is 4.42 Å². The van der Waals surface area contributed by atoms with Crippen molar-refractivity contribution < 1.29 is 4.42 Å². The molecule has 0 saturated heterocycles. The van der Waals surface area contributed by atoms with Crippen molar-refractivity contribution in [3.63, 3.8) is 0 Å². The summed E-state index contributed by atoms with van der Waals surface area (Å²) in [5, 5.41) is 6.65. The van der Waals surface area contributed by atoms with Crippen LogP contribution in [0.2, 0.25) is 0 Å². The number of hydrogen-bond acceptors (Lipinski definition) is 5. The topological polar surface area (TPSA) is 51.8 Å². The van der Waals surface area contributed by atoms with Gasteiger partial charge in [-0.2, -0.15) is 0 Å². The SMILES string of the molecule is c1ccc(-c2ccc(-c3ccc4oc5ccccc5c4c3-c3nc(-c4ccc5ccccc5c4)nc(-c4cccc5sc6ccccc6c45)n3)cc2)cc1. The molecule has 0 N–H and O–H groups in total. The summed E-state index contributed by atoms with van der Waals surface area (Å²) in [4.78, 5) is 16.1. The molecule has 5 heteroatoms. The number of thiophene rings is 1. The number of hydrogen-bond donors (Lipinski definition) is 0. The monoisotopic (exact) mass is 707 g/mol. The van der Waals surface area contributed by atoms with Crippen molar-refractivity contribution in [2.24, 2.45) is 0 Å². The third-order valence-electron chi connectivity index (χ3n) is 10.4. The third kappa shape index (κ3) is 5.01. The molecular weight excluding hydrogens is 679 g/mol. The van der Waals surface area contributed by atoms with E-state index in [4.69, 9.17) is 19.4 Å². The van der Waals surface area contributed by atoms with Gasteiger partial charge in [-0.05, 0) is 69.4 Å². The average molecular weight is 708 g/mol. The van der Waals surface area contributed by atoms with Crippen LogP contribution >= 0.6 is 11.3 Å². The van der Waals surface area contributed by atoms with Gasteiger partial charge in [0.2, 0.25) is 0 Å². The van der Waals surface area contributed by atoms with Gasteiger partial charge in [0, 0.05) is 47.6 Å². The van der Waals surface area contributed by atoms with Crippen molar-refractivity contribution >= 4 is 64.2 Å². The van der Waals surface area contributed by atoms with Gasteiger partial charge in [-0.3, -0.25) is 0 Å². The molecule has 0 aliphatic heterocycles. The van der Waals surface area contributed by atoms with Gasteiger partial charge in [-0.25, -0.2) is 15.0 Å². The highest BCUT2D eigenvalue weighted by molar-refractivity contribution is 7.25. The van der Waals surface area contributed by atoms with E-state index in [-0.39, 0.29) is 0 Å². The molecule has 8 aromatic carbocycles. The number of para-hydroxylation sites is 1. The zero-order valence-corrected chi connectivity index (χ0v) is 29.7. The Kier molecular flexibility index (Phi) is 7.00. The predicted octanol–water partition coefficient (Wildman–Crippen LogP) is 13.6. The first kappa shape index (κ1) is 30.7. The van der Waals surface area contributed by atoms with Gasteiger partial charge in [-0.15, -0.1) is 11.3 Å². The van der Waals surface area contributed by atoms with E-state index in [0.717, 1.165) is 66.1 Å². The molecule has 0 spiro atoms. The van der Waals surface area contributed by atoms with Crippen molar-refractivity contribution in [2.75, 3.05) is 0 Å². The van der Waals surface area contributed by atoms with E-state index in [0.29, 0.717) is 17.5 Å². The largest absolute Gasteiger partial charge is 0.456 e. The predicted molar refractivity (Wildman–Crippen MR) is 225 cm³/mol. The van der Waals surface area contributed by atoms with Crippen molar-refractivity contribution in [2.45, 2.75) is 0 Å². The fraction of sp³-hybridized carbons (Fsp3) is 0. The second-order valence-corrected chi connectivity index (χ2v) is 14.6. The molecule has 11 rings (SSSR count). The second kappa shape index (κ2) is 12.3. The van der Waals surface area contributed by atoms with E-state index in [1.165, 1.54) is 25.7 Å². The summed E-state index contributed by atoms with van der Waals surface area (Å²) in [5.41, 5.74) is 8.86. The summed E-state index contributed by atoms with van der Waals surface area (Å²) in [7, 11) is 0. The van der Waals surface area contributed by atoms with Gasteiger partial charge in [0.25, 0.3) is 0 Å². The minimum atomic E-state index is 0.596. The van der Waals surface area contributed by atoms with Crippen LogP contribution in [0.15, 0.2) is 180 Å². The number of benzene rings is 8. The van der Waals surface area contributed by atoms with Gasteiger partial charge in [0.1, 0.15) is 11.2 Å². The van der Waals surface area contributed by atoms with Crippen LogP contribution in [0.1, 0.15) is 0 Å². The minimum Gasteiger partial charge on any atom is -0.456 e. The molecule has 0 saturated carbocycles. The van der Waals surface area contributed by atoms with E-state index in [1.54, 1.807) is 11.3 Å². The van der Waals surface area contributed by atoms with Crippen molar-refractivity contribution in [1.82, 2.24) is 15.0 Å².